The lowest BCUT2D eigenvalue weighted by atomic mass is 9.92. The highest BCUT2D eigenvalue weighted by molar-refractivity contribution is 7.92. The Morgan fingerprint density at radius 2 is 1.81 bits per heavy atom. The zero-order valence-electron chi connectivity index (χ0n) is 23.7. The van der Waals surface area contributed by atoms with E-state index in [0.29, 0.717) is 40.7 Å². The number of nitrogen functional groups attached to an aromatic ring is 1. The number of aliphatic hydroxyl groups is 1. The Balaban J connectivity index is 1.60. The van der Waals surface area contributed by atoms with E-state index >= 15 is 0 Å². The summed E-state index contributed by atoms with van der Waals surface area (Å²) in [7, 11) is -2.58. The van der Waals surface area contributed by atoms with Gasteiger partial charge in [0.1, 0.15) is 11.3 Å². The van der Waals surface area contributed by atoms with Crippen molar-refractivity contribution in [2.75, 3.05) is 30.8 Å². The largest absolute Gasteiger partial charge is 0.480 e. The molecule has 12 nitrogen and oxygen atoms in total. The summed E-state index contributed by atoms with van der Waals surface area (Å²) in [5, 5.41) is 9.76. The molecule has 4 aromatic rings. The quantitative estimate of drug-likeness (QED) is 0.261. The van der Waals surface area contributed by atoms with E-state index in [2.05, 4.69) is 19.7 Å². The van der Waals surface area contributed by atoms with E-state index in [1.807, 2.05) is 6.92 Å². The number of sulfonamides is 1. The van der Waals surface area contributed by atoms with Gasteiger partial charge in [0, 0.05) is 28.8 Å². The van der Waals surface area contributed by atoms with Gasteiger partial charge in [0.2, 0.25) is 11.8 Å². The molecule has 1 aromatic carbocycles. The standard InChI is InChI=1S/C29H34N6O6S/c1-17-4-10-22(11-5-17)42(38,39)34-25-14-19(16-31-27(25)40-3)24-15-23-18(2)32-29(30)33-26(23)35(28(24)37)20-6-8-21(9-7-20)41-13-12-36/h4-5,10-11,14-16,20-21,34,36H,6-9,12-13H2,1-3H3,(H2,30,32,33). The first-order chi connectivity index (χ1) is 20.1. The van der Waals surface area contributed by atoms with Gasteiger partial charge in [-0.3, -0.25) is 14.1 Å². The number of aryl methyl sites for hydroxylation is 2. The minimum absolute atomic E-state index is 0.00915. The third kappa shape index (κ3) is 5.94. The van der Waals surface area contributed by atoms with Gasteiger partial charge < -0.3 is 20.3 Å². The van der Waals surface area contributed by atoms with Crippen LogP contribution in [0, 0.1) is 13.8 Å². The van der Waals surface area contributed by atoms with Crippen LogP contribution in [-0.4, -0.2) is 59.5 Å². The molecule has 1 saturated carbocycles. The number of aliphatic hydroxyl groups excluding tert-OH is 1. The van der Waals surface area contributed by atoms with Crippen LogP contribution < -0.4 is 20.8 Å². The zero-order chi connectivity index (χ0) is 30.0. The molecule has 1 aliphatic carbocycles. The van der Waals surface area contributed by atoms with Crippen LogP contribution in [0.25, 0.3) is 22.2 Å². The van der Waals surface area contributed by atoms with Crippen molar-refractivity contribution >= 4 is 32.7 Å². The van der Waals surface area contributed by atoms with Crippen molar-refractivity contribution in [1.82, 2.24) is 19.5 Å². The molecule has 42 heavy (non-hydrogen) atoms. The summed E-state index contributed by atoms with van der Waals surface area (Å²) >= 11 is 0. The molecular weight excluding hydrogens is 560 g/mol. The van der Waals surface area contributed by atoms with E-state index in [9.17, 15) is 13.2 Å². The Bertz CT molecular complexity index is 1770. The summed E-state index contributed by atoms with van der Waals surface area (Å²) < 4.78 is 41.7. The van der Waals surface area contributed by atoms with E-state index in [-0.39, 0.29) is 53.3 Å². The zero-order valence-corrected chi connectivity index (χ0v) is 24.5. The maximum atomic E-state index is 14.2. The van der Waals surface area contributed by atoms with Crippen LogP contribution >= 0.6 is 0 Å². The Hall–Kier alpha value is -4.07. The lowest BCUT2D eigenvalue weighted by Gasteiger charge is -2.30. The fourth-order valence-corrected chi connectivity index (χ4v) is 6.41. The molecule has 222 valence electrons. The highest BCUT2D eigenvalue weighted by atomic mass is 32.2. The van der Waals surface area contributed by atoms with Crippen LogP contribution in [0.4, 0.5) is 11.6 Å². The van der Waals surface area contributed by atoms with Crippen molar-refractivity contribution in [3.05, 3.63) is 64.2 Å². The Labute approximate surface area is 243 Å². The molecule has 3 aromatic heterocycles. The number of methoxy groups -OCH3 is 1. The summed E-state index contributed by atoms with van der Waals surface area (Å²) in [6, 6.07) is 9.51. The molecule has 5 rings (SSSR count). The second-order valence-electron chi connectivity index (χ2n) is 10.4. The van der Waals surface area contributed by atoms with E-state index < -0.39 is 10.0 Å². The number of nitrogens with one attached hydrogen (secondary N) is 1. The number of rotatable bonds is 9. The molecule has 0 aliphatic heterocycles. The average Bonchev–Trinajstić information content (AvgIpc) is 2.96. The number of anilines is 2. The fourth-order valence-electron chi connectivity index (χ4n) is 5.36. The Kier molecular flexibility index (Phi) is 8.43. The van der Waals surface area contributed by atoms with Crippen molar-refractivity contribution in [2.45, 2.75) is 56.6 Å². The number of hydrogen-bond donors (Lipinski definition) is 3. The Morgan fingerprint density at radius 3 is 2.48 bits per heavy atom. The molecule has 0 atom stereocenters. The SMILES string of the molecule is COc1ncc(-c2cc3c(C)nc(N)nc3n(C3CCC(OCCO)CC3)c2=O)cc1NS(=O)(=O)c1ccc(C)cc1. The molecule has 4 N–H and O–H groups in total. The summed E-state index contributed by atoms with van der Waals surface area (Å²) in [4.78, 5) is 27.3. The second-order valence-corrected chi connectivity index (χ2v) is 12.0. The Morgan fingerprint density at radius 1 is 1.10 bits per heavy atom. The van der Waals surface area contributed by atoms with Gasteiger partial charge >= 0.3 is 0 Å². The van der Waals surface area contributed by atoms with Crippen LogP contribution in [0.2, 0.25) is 0 Å². The van der Waals surface area contributed by atoms with E-state index in [4.69, 9.17) is 20.3 Å². The van der Waals surface area contributed by atoms with Crippen LogP contribution in [0.1, 0.15) is 43.0 Å². The molecule has 0 spiro atoms. The van der Waals surface area contributed by atoms with Crippen molar-refractivity contribution in [3.63, 3.8) is 0 Å². The van der Waals surface area contributed by atoms with E-state index in [1.165, 1.54) is 31.5 Å². The smallest absolute Gasteiger partial charge is 0.262 e. The van der Waals surface area contributed by atoms with Crippen molar-refractivity contribution in [1.29, 1.82) is 0 Å². The van der Waals surface area contributed by atoms with Gasteiger partial charge in [0.05, 0.1) is 37.0 Å². The number of aromatic nitrogens is 4. The third-order valence-corrected chi connectivity index (χ3v) is 8.87. The third-order valence-electron chi connectivity index (χ3n) is 7.48. The van der Waals surface area contributed by atoms with Gasteiger partial charge in [-0.05, 0) is 63.8 Å². The number of hydrogen-bond acceptors (Lipinski definition) is 10. The average molecular weight is 595 g/mol. The molecule has 0 radical (unpaired) electrons. The number of fused-ring (bicyclic) bond motifs is 1. The topological polar surface area (TPSA) is 172 Å². The van der Waals surface area contributed by atoms with Gasteiger partial charge in [-0.15, -0.1) is 0 Å². The minimum atomic E-state index is -3.97. The molecular formula is C29H34N6O6S. The van der Waals surface area contributed by atoms with Crippen molar-refractivity contribution in [3.8, 4) is 17.0 Å². The maximum absolute atomic E-state index is 14.2. The highest BCUT2D eigenvalue weighted by Gasteiger charge is 2.27. The second kappa shape index (κ2) is 12.0. The van der Waals surface area contributed by atoms with Gasteiger partial charge in [-0.1, -0.05) is 17.7 Å². The number of nitrogens with two attached hydrogens (primary N) is 1. The first-order valence-electron chi connectivity index (χ1n) is 13.7. The molecule has 13 heteroatoms. The van der Waals surface area contributed by atoms with E-state index in [0.717, 1.165) is 18.4 Å². The van der Waals surface area contributed by atoms with Crippen LogP contribution in [0.3, 0.4) is 0 Å². The van der Waals surface area contributed by atoms with Gasteiger partial charge in [0.15, 0.2) is 0 Å². The lowest BCUT2D eigenvalue weighted by molar-refractivity contribution is 0.00169. The van der Waals surface area contributed by atoms with Gasteiger partial charge in [-0.2, -0.15) is 4.98 Å². The lowest BCUT2D eigenvalue weighted by Crippen LogP contribution is -2.32. The monoisotopic (exact) mass is 594 g/mol. The predicted octanol–water partition coefficient (Wildman–Crippen LogP) is 3.35. The number of ether oxygens (including phenoxy) is 2. The maximum Gasteiger partial charge on any atom is 0.262 e. The predicted molar refractivity (Wildman–Crippen MR) is 159 cm³/mol. The molecule has 1 fully saturated rings. The molecule has 1 aliphatic rings. The first-order valence-corrected chi connectivity index (χ1v) is 15.1. The first kappa shape index (κ1) is 29.4. The fraction of sp³-hybridized carbons (Fsp3) is 0.379. The summed E-state index contributed by atoms with van der Waals surface area (Å²) in [5.74, 6) is 0.129. The van der Waals surface area contributed by atoms with Crippen LogP contribution in [0.5, 0.6) is 5.88 Å². The van der Waals surface area contributed by atoms with Gasteiger partial charge in [0.25, 0.3) is 15.6 Å². The summed E-state index contributed by atoms with van der Waals surface area (Å²) in [6.07, 6.45) is 4.26. The normalized spacial score (nSPS) is 17.3. The van der Waals surface area contributed by atoms with E-state index in [1.54, 1.807) is 29.7 Å². The summed E-state index contributed by atoms with van der Waals surface area (Å²) in [6.45, 7) is 3.90. The van der Waals surface area contributed by atoms with Crippen LogP contribution in [-0.2, 0) is 14.8 Å². The van der Waals surface area contributed by atoms with Crippen molar-refractivity contribution < 1.29 is 23.0 Å². The molecule has 3 heterocycles. The van der Waals surface area contributed by atoms with Crippen LogP contribution in [0.15, 0.2) is 52.3 Å². The highest BCUT2D eigenvalue weighted by Crippen LogP contribution is 2.34. The molecule has 0 amide bonds. The number of nitrogens with zero attached hydrogens (tertiary/aromatic N) is 4. The molecule has 0 saturated heterocycles. The number of pyridine rings is 2. The van der Waals surface area contributed by atoms with Gasteiger partial charge in [-0.25, -0.2) is 18.4 Å². The summed E-state index contributed by atoms with van der Waals surface area (Å²) in [5.41, 5.74) is 8.46. The minimum Gasteiger partial charge on any atom is -0.480 e. The molecule has 0 unspecified atom stereocenters. The number of benzene rings is 1. The molecule has 0 bridgehead atoms. The van der Waals surface area contributed by atoms with Crippen molar-refractivity contribution in [2.24, 2.45) is 0 Å².